The molecule has 9 heteroatoms. The van der Waals surface area contributed by atoms with Gasteiger partial charge in [0.2, 0.25) is 5.96 Å². The first-order valence-electron chi connectivity index (χ1n) is 10.8. The van der Waals surface area contributed by atoms with E-state index in [9.17, 15) is 13.2 Å². The third-order valence-corrected chi connectivity index (χ3v) is 7.83. The van der Waals surface area contributed by atoms with Crippen LogP contribution >= 0.6 is 0 Å². The number of furan rings is 1. The number of amides is 1. The van der Waals surface area contributed by atoms with Gasteiger partial charge in [0.25, 0.3) is 15.9 Å². The first-order chi connectivity index (χ1) is 15.0. The van der Waals surface area contributed by atoms with Gasteiger partial charge >= 0.3 is 0 Å². The van der Waals surface area contributed by atoms with Gasteiger partial charge in [0.15, 0.2) is 5.76 Å². The van der Waals surface area contributed by atoms with Crippen LogP contribution in [0.3, 0.4) is 0 Å². The van der Waals surface area contributed by atoms with E-state index in [2.05, 4.69) is 5.32 Å². The Morgan fingerprint density at radius 2 is 1.84 bits per heavy atom. The van der Waals surface area contributed by atoms with Crippen LogP contribution in [0.2, 0.25) is 0 Å². The zero-order chi connectivity index (χ0) is 21.8. The topological polar surface area (TPSA) is 107 Å². The first-order valence-corrected chi connectivity index (χ1v) is 12.2. The Kier molecular flexibility index (Phi) is 6.31. The van der Waals surface area contributed by atoms with E-state index in [-0.39, 0.29) is 28.6 Å². The molecule has 0 spiro atoms. The van der Waals surface area contributed by atoms with Crippen LogP contribution in [0, 0.1) is 5.41 Å². The second kappa shape index (κ2) is 9.13. The van der Waals surface area contributed by atoms with Gasteiger partial charge in [-0.15, -0.1) is 0 Å². The zero-order valence-electron chi connectivity index (χ0n) is 17.4. The Bertz CT molecular complexity index is 1010. The SMILES string of the molecule is N=C1N(C2CCCCC2)CCN1S(=O)(=O)c1ccc(CCNC(=O)c2ccco2)cc1. The van der Waals surface area contributed by atoms with Gasteiger partial charge in [-0.05, 0) is 49.1 Å². The summed E-state index contributed by atoms with van der Waals surface area (Å²) in [6.07, 6.45) is 7.58. The number of benzene rings is 1. The molecule has 1 aromatic heterocycles. The number of carbonyl (C=O) groups is 1. The second-order valence-electron chi connectivity index (χ2n) is 8.01. The molecule has 1 amide bonds. The van der Waals surface area contributed by atoms with E-state index >= 15 is 0 Å². The van der Waals surface area contributed by atoms with Crippen LogP contribution in [0.15, 0.2) is 52.0 Å². The number of carbonyl (C=O) groups excluding carboxylic acids is 1. The van der Waals surface area contributed by atoms with E-state index in [4.69, 9.17) is 9.83 Å². The van der Waals surface area contributed by atoms with Gasteiger partial charge in [-0.2, -0.15) is 0 Å². The molecule has 1 aromatic carbocycles. The lowest BCUT2D eigenvalue weighted by Crippen LogP contribution is -2.42. The summed E-state index contributed by atoms with van der Waals surface area (Å²) in [7, 11) is -3.75. The van der Waals surface area contributed by atoms with Gasteiger partial charge in [0, 0.05) is 19.1 Å². The van der Waals surface area contributed by atoms with E-state index in [1.807, 2.05) is 4.90 Å². The van der Waals surface area contributed by atoms with E-state index in [0.717, 1.165) is 31.2 Å². The number of hydrogen-bond acceptors (Lipinski definition) is 5. The standard InChI is InChI=1S/C22H28N4O4S/c23-22-25(18-5-2-1-3-6-18)14-15-26(22)31(28,29)19-10-8-17(9-11-19)12-13-24-21(27)20-7-4-16-30-20/h4,7-11,16,18,23H,1-3,5-6,12-15H2,(H,24,27). The summed E-state index contributed by atoms with van der Waals surface area (Å²) < 4.78 is 32.5. The fourth-order valence-electron chi connectivity index (χ4n) is 4.31. The lowest BCUT2D eigenvalue weighted by Gasteiger charge is -2.32. The van der Waals surface area contributed by atoms with Crippen molar-refractivity contribution in [1.29, 1.82) is 5.41 Å². The van der Waals surface area contributed by atoms with Gasteiger partial charge in [-0.25, -0.2) is 12.7 Å². The minimum absolute atomic E-state index is 0.0941. The van der Waals surface area contributed by atoms with Crippen molar-refractivity contribution < 1.29 is 17.6 Å². The van der Waals surface area contributed by atoms with Crippen molar-refractivity contribution in [2.75, 3.05) is 19.6 Å². The Labute approximate surface area is 182 Å². The highest BCUT2D eigenvalue weighted by Gasteiger charge is 2.38. The number of guanidine groups is 1. The van der Waals surface area contributed by atoms with Gasteiger partial charge in [-0.3, -0.25) is 10.2 Å². The summed E-state index contributed by atoms with van der Waals surface area (Å²) >= 11 is 0. The fraction of sp³-hybridized carbons (Fsp3) is 0.455. The summed E-state index contributed by atoms with van der Waals surface area (Å²) in [6.45, 7) is 1.31. The molecule has 8 nitrogen and oxygen atoms in total. The van der Waals surface area contributed by atoms with Gasteiger partial charge < -0.3 is 14.6 Å². The summed E-state index contributed by atoms with van der Waals surface area (Å²) in [6, 6.07) is 10.2. The molecule has 2 fully saturated rings. The molecule has 2 aromatic rings. The number of rotatable bonds is 7. The zero-order valence-corrected chi connectivity index (χ0v) is 18.2. The second-order valence-corrected chi connectivity index (χ2v) is 9.88. The molecule has 1 saturated carbocycles. The van der Waals surface area contributed by atoms with Crippen LogP contribution in [-0.4, -0.2) is 55.2 Å². The average Bonchev–Trinajstić information content (AvgIpc) is 3.45. The van der Waals surface area contributed by atoms with Crippen molar-refractivity contribution in [3.05, 3.63) is 54.0 Å². The third kappa shape index (κ3) is 4.61. The van der Waals surface area contributed by atoms with Crippen molar-refractivity contribution in [1.82, 2.24) is 14.5 Å². The quantitative estimate of drug-likeness (QED) is 0.683. The van der Waals surface area contributed by atoms with Gasteiger partial charge in [0.05, 0.1) is 17.7 Å². The van der Waals surface area contributed by atoms with Crippen LogP contribution in [0.1, 0.15) is 48.2 Å². The summed E-state index contributed by atoms with van der Waals surface area (Å²) in [5, 5.41) is 11.2. The average molecular weight is 445 g/mol. The van der Waals surface area contributed by atoms with E-state index in [1.54, 1.807) is 36.4 Å². The molecule has 1 aliphatic carbocycles. The van der Waals surface area contributed by atoms with Crippen LogP contribution < -0.4 is 5.32 Å². The van der Waals surface area contributed by atoms with Crippen LogP contribution in [0.25, 0.3) is 0 Å². The molecule has 0 atom stereocenters. The highest BCUT2D eigenvalue weighted by Crippen LogP contribution is 2.28. The molecule has 0 bridgehead atoms. The third-order valence-electron chi connectivity index (χ3n) is 6.02. The monoisotopic (exact) mass is 444 g/mol. The smallest absolute Gasteiger partial charge is 0.286 e. The predicted molar refractivity (Wildman–Crippen MR) is 116 cm³/mol. The van der Waals surface area contributed by atoms with Gasteiger partial charge in [0.1, 0.15) is 0 Å². The van der Waals surface area contributed by atoms with Gasteiger partial charge in [-0.1, -0.05) is 31.4 Å². The normalized spacial score (nSPS) is 17.9. The maximum Gasteiger partial charge on any atom is 0.286 e. The molecule has 1 aliphatic heterocycles. The highest BCUT2D eigenvalue weighted by molar-refractivity contribution is 7.89. The molecular weight excluding hydrogens is 416 g/mol. The lowest BCUT2D eigenvalue weighted by molar-refractivity contribution is 0.0926. The molecular formula is C22H28N4O4S. The molecule has 0 unspecified atom stereocenters. The maximum atomic E-state index is 13.1. The number of nitrogens with zero attached hydrogens (tertiary/aromatic N) is 2. The molecule has 0 radical (unpaired) electrons. The van der Waals surface area contributed by atoms with Crippen molar-refractivity contribution in [3.8, 4) is 0 Å². The van der Waals surface area contributed by atoms with E-state index in [1.165, 1.54) is 17.0 Å². The van der Waals surface area contributed by atoms with E-state index in [0.29, 0.717) is 26.1 Å². The van der Waals surface area contributed by atoms with Crippen LogP contribution in [-0.2, 0) is 16.4 Å². The number of nitrogens with one attached hydrogen (secondary N) is 2. The largest absolute Gasteiger partial charge is 0.459 e. The van der Waals surface area contributed by atoms with Crippen LogP contribution in [0.5, 0.6) is 0 Å². The summed E-state index contributed by atoms with van der Waals surface area (Å²) in [5.41, 5.74) is 0.916. The Morgan fingerprint density at radius 1 is 1.10 bits per heavy atom. The molecule has 2 heterocycles. The predicted octanol–water partition coefficient (Wildman–Crippen LogP) is 2.83. The molecule has 1 saturated heterocycles. The van der Waals surface area contributed by atoms with Crippen molar-refractivity contribution in [3.63, 3.8) is 0 Å². The van der Waals surface area contributed by atoms with Crippen molar-refractivity contribution in [2.24, 2.45) is 0 Å². The number of hydrogen-bond donors (Lipinski definition) is 2. The highest BCUT2D eigenvalue weighted by atomic mass is 32.2. The Morgan fingerprint density at radius 3 is 2.52 bits per heavy atom. The van der Waals surface area contributed by atoms with Crippen LogP contribution in [0.4, 0.5) is 0 Å². The summed E-state index contributed by atoms with van der Waals surface area (Å²) in [4.78, 5) is 14.0. The number of sulfonamides is 1. The van der Waals surface area contributed by atoms with Crippen molar-refractivity contribution in [2.45, 2.75) is 49.5 Å². The Hall–Kier alpha value is -2.81. The van der Waals surface area contributed by atoms with E-state index < -0.39 is 10.0 Å². The molecule has 4 rings (SSSR count). The minimum atomic E-state index is -3.75. The Balaban J connectivity index is 1.35. The lowest BCUT2D eigenvalue weighted by atomic mass is 9.94. The fourth-order valence-corrected chi connectivity index (χ4v) is 5.70. The minimum Gasteiger partial charge on any atom is -0.459 e. The molecule has 166 valence electrons. The summed E-state index contributed by atoms with van der Waals surface area (Å²) in [5.74, 6) is 0.0765. The van der Waals surface area contributed by atoms with Crippen molar-refractivity contribution >= 4 is 21.9 Å². The first kappa shape index (κ1) is 21.4. The molecule has 2 aliphatic rings. The maximum absolute atomic E-state index is 13.1. The molecule has 2 N–H and O–H groups in total. The molecule has 31 heavy (non-hydrogen) atoms.